The molecule has 2 rings (SSSR count). The second-order valence-electron chi connectivity index (χ2n) is 5.53. The highest BCUT2D eigenvalue weighted by Crippen LogP contribution is 2.44. The maximum Gasteiger partial charge on any atom is 0.161 e. The molecule has 1 aromatic carbocycles. The van der Waals surface area contributed by atoms with Crippen molar-refractivity contribution < 1.29 is 10.2 Å². The van der Waals surface area contributed by atoms with Gasteiger partial charge in [0.05, 0.1) is 0 Å². The maximum absolute atomic E-state index is 10.2. The standard InChI is InChI=1S/C16H24O2/c1-3-7-13-10-14(17)16(18)15(11(13)2)12-8-5-4-6-9-12/h10,12,17-18H,3-9H2,1-2H3. The van der Waals surface area contributed by atoms with E-state index in [4.69, 9.17) is 0 Å². The van der Waals surface area contributed by atoms with Crippen LogP contribution < -0.4 is 0 Å². The highest BCUT2D eigenvalue weighted by Gasteiger charge is 2.23. The number of aromatic hydroxyl groups is 2. The van der Waals surface area contributed by atoms with E-state index >= 15 is 0 Å². The first-order chi connectivity index (χ1) is 8.65. The normalized spacial score (nSPS) is 17.0. The third-order valence-electron chi connectivity index (χ3n) is 4.23. The predicted octanol–water partition coefficient (Wildman–Crippen LogP) is 4.41. The first-order valence-corrected chi connectivity index (χ1v) is 7.19. The van der Waals surface area contributed by atoms with Gasteiger partial charge in [-0.3, -0.25) is 0 Å². The molecule has 1 saturated carbocycles. The summed E-state index contributed by atoms with van der Waals surface area (Å²) in [5.74, 6) is 0.616. The number of aryl methyl sites for hydroxylation is 1. The third-order valence-corrected chi connectivity index (χ3v) is 4.23. The minimum atomic E-state index is 0.0598. The van der Waals surface area contributed by atoms with Crippen LogP contribution in [0, 0.1) is 6.92 Å². The van der Waals surface area contributed by atoms with Crippen molar-refractivity contribution in [2.45, 2.75) is 64.7 Å². The number of benzene rings is 1. The molecule has 0 spiro atoms. The van der Waals surface area contributed by atoms with Crippen LogP contribution in [0.4, 0.5) is 0 Å². The van der Waals surface area contributed by atoms with Gasteiger partial charge < -0.3 is 10.2 Å². The van der Waals surface area contributed by atoms with Gasteiger partial charge in [0.15, 0.2) is 11.5 Å². The summed E-state index contributed by atoms with van der Waals surface area (Å²) in [5, 5.41) is 20.1. The summed E-state index contributed by atoms with van der Waals surface area (Å²) in [7, 11) is 0. The van der Waals surface area contributed by atoms with Crippen LogP contribution in [-0.2, 0) is 6.42 Å². The molecule has 1 aliphatic carbocycles. The zero-order chi connectivity index (χ0) is 13.1. The second kappa shape index (κ2) is 5.64. The van der Waals surface area contributed by atoms with Gasteiger partial charge in [0.2, 0.25) is 0 Å². The van der Waals surface area contributed by atoms with Gasteiger partial charge >= 0.3 is 0 Å². The molecule has 0 atom stereocenters. The largest absolute Gasteiger partial charge is 0.504 e. The summed E-state index contributed by atoms with van der Waals surface area (Å²) in [5.41, 5.74) is 3.39. The Morgan fingerprint density at radius 2 is 1.83 bits per heavy atom. The molecule has 1 aliphatic rings. The summed E-state index contributed by atoms with van der Waals surface area (Å²) in [4.78, 5) is 0. The first-order valence-electron chi connectivity index (χ1n) is 7.19. The van der Waals surface area contributed by atoms with Gasteiger partial charge in [0, 0.05) is 5.56 Å². The number of hydrogen-bond acceptors (Lipinski definition) is 2. The van der Waals surface area contributed by atoms with E-state index in [1.165, 1.54) is 30.4 Å². The van der Waals surface area contributed by atoms with Crippen LogP contribution >= 0.6 is 0 Å². The van der Waals surface area contributed by atoms with E-state index in [2.05, 4.69) is 13.8 Å². The summed E-state index contributed by atoms with van der Waals surface area (Å²) in [6.07, 6.45) is 8.10. The van der Waals surface area contributed by atoms with Crippen molar-refractivity contribution in [1.82, 2.24) is 0 Å². The van der Waals surface area contributed by atoms with Crippen molar-refractivity contribution in [3.8, 4) is 11.5 Å². The van der Waals surface area contributed by atoms with Crippen LogP contribution in [0.2, 0.25) is 0 Å². The van der Waals surface area contributed by atoms with Gasteiger partial charge in [0.1, 0.15) is 0 Å². The molecule has 0 heterocycles. The maximum atomic E-state index is 10.2. The third kappa shape index (κ3) is 2.47. The Morgan fingerprint density at radius 1 is 1.17 bits per heavy atom. The molecule has 0 unspecified atom stereocenters. The van der Waals surface area contributed by atoms with E-state index in [1.807, 2.05) is 0 Å². The molecule has 18 heavy (non-hydrogen) atoms. The second-order valence-corrected chi connectivity index (χ2v) is 5.53. The molecule has 2 N–H and O–H groups in total. The quantitative estimate of drug-likeness (QED) is 0.778. The van der Waals surface area contributed by atoms with Crippen molar-refractivity contribution in [2.24, 2.45) is 0 Å². The van der Waals surface area contributed by atoms with E-state index < -0.39 is 0 Å². The van der Waals surface area contributed by atoms with Gasteiger partial charge in [0.25, 0.3) is 0 Å². The average molecular weight is 248 g/mol. The van der Waals surface area contributed by atoms with E-state index in [0.717, 1.165) is 31.2 Å². The van der Waals surface area contributed by atoms with Gasteiger partial charge in [-0.15, -0.1) is 0 Å². The van der Waals surface area contributed by atoms with Gasteiger partial charge in [-0.1, -0.05) is 32.6 Å². The Bertz CT molecular complexity index is 418. The molecule has 100 valence electrons. The fraction of sp³-hybridized carbons (Fsp3) is 0.625. The molecular weight excluding hydrogens is 224 g/mol. The zero-order valence-corrected chi connectivity index (χ0v) is 11.5. The monoisotopic (exact) mass is 248 g/mol. The Hall–Kier alpha value is -1.18. The molecule has 0 bridgehead atoms. The topological polar surface area (TPSA) is 40.5 Å². The lowest BCUT2D eigenvalue weighted by atomic mass is 9.80. The lowest BCUT2D eigenvalue weighted by molar-refractivity contribution is 0.379. The molecule has 2 heteroatoms. The molecule has 1 aromatic rings. The minimum Gasteiger partial charge on any atom is -0.504 e. The molecule has 0 aromatic heterocycles. The fourth-order valence-corrected chi connectivity index (χ4v) is 3.25. The molecule has 0 radical (unpaired) electrons. The van der Waals surface area contributed by atoms with Crippen molar-refractivity contribution in [2.75, 3.05) is 0 Å². The van der Waals surface area contributed by atoms with Crippen molar-refractivity contribution in [3.63, 3.8) is 0 Å². The van der Waals surface area contributed by atoms with Crippen LogP contribution in [0.15, 0.2) is 6.07 Å². The summed E-state index contributed by atoms with van der Waals surface area (Å²) < 4.78 is 0. The highest BCUT2D eigenvalue weighted by atomic mass is 16.3. The summed E-state index contributed by atoms with van der Waals surface area (Å²) in [6.45, 7) is 4.23. The number of hydrogen-bond donors (Lipinski definition) is 2. The SMILES string of the molecule is CCCc1cc(O)c(O)c(C2CCCCC2)c1C. The van der Waals surface area contributed by atoms with Gasteiger partial charge in [-0.25, -0.2) is 0 Å². The zero-order valence-electron chi connectivity index (χ0n) is 11.5. The van der Waals surface area contributed by atoms with Crippen molar-refractivity contribution in [1.29, 1.82) is 0 Å². The van der Waals surface area contributed by atoms with Crippen molar-refractivity contribution in [3.05, 3.63) is 22.8 Å². The van der Waals surface area contributed by atoms with Gasteiger partial charge in [-0.05, 0) is 49.3 Å². The fourth-order valence-electron chi connectivity index (χ4n) is 3.25. The lowest BCUT2D eigenvalue weighted by Gasteiger charge is -2.26. The highest BCUT2D eigenvalue weighted by molar-refractivity contribution is 5.54. The molecule has 0 amide bonds. The molecule has 2 nitrogen and oxygen atoms in total. The Morgan fingerprint density at radius 3 is 2.44 bits per heavy atom. The molecule has 0 saturated heterocycles. The van der Waals surface area contributed by atoms with Crippen LogP contribution in [0.1, 0.15) is 68.1 Å². The van der Waals surface area contributed by atoms with Gasteiger partial charge in [-0.2, -0.15) is 0 Å². The lowest BCUT2D eigenvalue weighted by Crippen LogP contribution is -2.08. The Labute approximate surface area is 110 Å². The number of rotatable bonds is 3. The van der Waals surface area contributed by atoms with E-state index in [0.29, 0.717) is 5.92 Å². The average Bonchev–Trinajstić information content (AvgIpc) is 2.38. The number of phenolic OH excluding ortho intramolecular Hbond substituents is 2. The Balaban J connectivity index is 2.42. The van der Waals surface area contributed by atoms with E-state index in [9.17, 15) is 10.2 Å². The minimum absolute atomic E-state index is 0.0598. The molecule has 1 fully saturated rings. The van der Waals surface area contributed by atoms with Crippen LogP contribution in [0.3, 0.4) is 0 Å². The predicted molar refractivity (Wildman–Crippen MR) is 74.3 cm³/mol. The molecule has 0 aliphatic heterocycles. The van der Waals surface area contributed by atoms with E-state index in [-0.39, 0.29) is 11.5 Å². The summed E-state index contributed by atoms with van der Waals surface area (Å²) >= 11 is 0. The Kier molecular flexibility index (Phi) is 4.15. The summed E-state index contributed by atoms with van der Waals surface area (Å²) in [6, 6.07) is 1.74. The smallest absolute Gasteiger partial charge is 0.161 e. The number of phenols is 2. The van der Waals surface area contributed by atoms with Crippen LogP contribution in [0.5, 0.6) is 11.5 Å². The first kappa shape index (κ1) is 13.3. The van der Waals surface area contributed by atoms with Crippen LogP contribution in [0.25, 0.3) is 0 Å². The van der Waals surface area contributed by atoms with E-state index in [1.54, 1.807) is 6.07 Å². The van der Waals surface area contributed by atoms with Crippen molar-refractivity contribution >= 4 is 0 Å². The van der Waals surface area contributed by atoms with Crippen LogP contribution in [-0.4, -0.2) is 10.2 Å². The molecular formula is C16H24O2.